The lowest BCUT2D eigenvalue weighted by atomic mass is 9.84. The normalized spacial score (nSPS) is 23.8. The van der Waals surface area contributed by atoms with Gasteiger partial charge in [-0.1, -0.05) is 54.6 Å². The third-order valence-corrected chi connectivity index (χ3v) is 6.11. The minimum absolute atomic E-state index is 0.0223. The minimum atomic E-state index is 0.0223. The lowest BCUT2D eigenvalue weighted by Crippen LogP contribution is -2.48. The molecule has 0 bridgehead atoms. The molecule has 2 aliphatic heterocycles. The maximum absolute atomic E-state index is 12.9. The van der Waals surface area contributed by atoms with E-state index in [0.29, 0.717) is 17.7 Å². The maximum Gasteiger partial charge on any atom is 0.274 e. The van der Waals surface area contributed by atoms with Crippen LogP contribution in [-0.2, 0) is 7.05 Å². The van der Waals surface area contributed by atoms with E-state index in [1.807, 2.05) is 24.2 Å². The van der Waals surface area contributed by atoms with Gasteiger partial charge in [-0.15, -0.1) is 0 Å². The van der Waals surface area contributed by atoms with Crippen molar-refractivity contribution in [3.05, 3.63) is 78.1 Å². The topological polar surface area (TPSA) is 62.2 Å². The molecule has 0 radical (unpaired) electrons. The van der Waals surface area contributed by atoms with Gasteiger partial charge in [0.15, 0.2) is 0 Å². The molecule has 0 saturated carbocycles. The molecule has 3 aromatic rings. The Morgan fingerprint density at radius 1 is 1.00 bits per heavy atom. The molecule has 6 heteroatoms. The van der Waals surface area contributed by atoms with E-state index in [1.54, 1.807) is 10.7 Å². The third kappa shape index (κ3) is 3.45. The number of hydrogen-bond acceptors (Lipinski definition) is 4. The second-order valence-electron chi connectivity index (χ2n) is 7.94. The zero-order chi connectivity index (χ0) is 19.8. The van der Waals surface area contributed by atoms with Gasteiger partial charge in [-0.2, -0.15) is 5.10 Å². The number of hydrogen-bond donors (Lipinski definition) is 2. The van der Waals surface area contributed by atoms with Gasteiger partial charge < -0.3 is 4.90 Å². The van der Waals surface area contributed by atoms with E-state index in [2.05, 4.69) is 64.5 Å². The van der Waals surface area contributed by atoms with Crippen molar-refractivity contribution < 1.29 is 4.79 Å². The summed E-state index contributed by atoms with van der Waals surface area (Å²) < 4.78 is 1.68. The third-order valence-electron chi connectivity index (χ3n) is 6.11. The van der Waals surface area contributed by atoms with Crippen LogP contribution in [0.2, 0.25) is 0 Å². The van der Waals surface area contributed by atoms with E-state index in [-0.39, 0.29) is 11.9 Å². The highest BCUT2D eigenvalue weighted by Crippen LogP contribution is 2.34. The Morgan fingerprint density at radius 2 is 1.76 bits per heavy atom. The lowest BCUT2D eigenvalue weighted by molar-refractivity contribution is 0.0645. The Balaban J connectivity index is 1.33. The zero-order valence-electron chi connectivity index (χ0n) is 16.5. The molecule has 2 N–H and O–H groups in total. The van der Waals surface area contributed by atoms with Crippen LogP contribution in [0.4, 0.5) is 0 Å². The molecule has 29 heavy (non-hydrogen) atoms. The van der Waals surface area contributed by atoms with Crippen LogP contribution in [0.25, 0.3) is 11.1 Å². The van der Waals surface area contributed by atoms with Gasteiger partial charge in [-0.3, -0.25) is 14.9 Å². The van der Waals surface area contributed by atoms with Crippen molar-refractivity contribution in [2.24, 2.45) is 13.0 Å². The number of carbonyl (C=O) groups is 1. The summed E-state index contributed by atoms with van der Waals surface area (Å²) in [6, 6.07) is 21.5. The second-order valence-corrected chi connectivity index (χ2v) is 7.94. The van der Waals surface area contributed by atoms with Crippen molar-refractivity contribution in [3.63, 3.8) is 0 Å². The maximum atomic E-state index is 12.9. The van der Waals surface area contributed by atoms with Crippen molar-refractivity contribution in [3.8, 4) is 11.1 Å². The molecule has 2 fully saturated rings. The number of nitrogens with one attached hydrogen (secondary N) is 2. The predicted molar refractivity (Wildman–Crippen MR) is 112 cm³/mol. The molecule has 5 rings (SSSR count). The van der Waals surface area contributed by atoms with Crippen molar-refractivity contribution in [2.75, 3.05) is 13.1 Å². The number of benzene rings is 2. The van der Waals surface area contributed by atoms with E-state index in [4.69, 9.17) is 0 Å². The molecule has 3 heterocycles. The highest BCUT2D eigenvalue weighted by molar-refractivity contribution is 5.92. The average Bonchev–Trinajstić information content (AvgIpc) is 3.40. The van der Waals surface area contributed by atoms with Crippen LogP contribution < -0.4 is 10.9 Å². The second kappa shape index (κ2) is 7.46. The summed E-state index contributed by atoms with van der Waals surface area (Å²) in [5.74, 6) is 0.355. The number of rotatable bonds is 3. The molecule has 148 valence electrons. The molecule has 6 nitrogen and oxygen atoms in total. The first-order chi connectivity index (χ1) is 14.2. The van der Waals surface area contributed by atoms with Crippen LogP contribution in [0.5, 0.6) is 0 Å². The predicted octanol–water partition coefficient (Wildman–Crippen LogP) is 2.77. The van der Waals surface area contributed by atoms with E-state index in [9.17, 15) is 4.79 Å². The number of nitrogens with zero attached hydrogens (tertiary/aromatic N) is 3. The number of piperidine rings is 1. The van der Waals surface area contributed by atoms with Gasteiger partial charge in [0.1, 0.15) is 5.69 Å². The summed E-state index contributed by atoms with van der Waals surface area (Å²) in [6.45, 7) is 1.48. The zero-order valence-corrected chi connectivity index (χ0v) is 16.5. The number of likely N-dealkylation sites (tertiary alicyclic amines) is 1. The van der Waals surface area contributed by atoms with E-state index >= 15 is 0 Å². The summed E-state index contributed by atoms with van der Waals surface area (Å²) in [7, 11) is 1.84. The van der Waals surface area contributed by atoms with E-state index < -0.39 is 0 Å². The first-order valence-corrected chi connectivity index (χ1v) is 10.1. The van der Waals surface area contributed by atoms with Gasteiger partial charge in [0.2, 0.25) is 0 Å². The summed E-state index contributed by atoms with van der Waals surface area (Å²) in [5, 5.41) is 4.28. The number of fused-ring (bicyclic) bond motifs is 1. The molecule has 2 saturated heterocycles. The molecular formula is C23H25N5O. The first-order valence-electron chi connectivity index (χ1n) is 10.1. The van der Waals surface area contributed by atoms with Gasteiger partial charge in [-0.05, 0) is 29.2 Å². The van der Waals surface area contributed by atoms with Crippen molar-refractivity contribution in [1.29, 1.82) is 0 Å². The fourth-order valence-corrected chi connectivity index (χ4v) is 4.52. The van der Waals surface area contributed by atoms with E-state index in [1.165, 1.54) is 16.7 Å². The summed E-state index contributed by atoms with van der Waals surface area (Å²) in [4.78, 5) is 14.8. The number of aryl methyl sites for hydroxylation is 1. The van der Waals surface area contributed by atoms with Gasteiger partial charge in [-0.25, -0.2) is 5.43 Å². The molecule has 1 amide bonds. The van der Waals surface area contributed by atoms with Crippen LogP contribution in [0.1, 0.15) is 28.5 Å². The van der Waals surface area contributed by atoms with Crippen LogP contribution in [0, 0.1) is 5.92 Å². The fourth-order valence-electron chi connectivity index (χ4n) is 4.52. The monoisotopic (exact) mass is 387 g/mol. The Hall–Kier alpha value is -2.96. The molecule has 0 spiro atoms. The van der Waals surface area contributed by atoms with Crippen molar-refractivity contribution in [2.45, 2.75) is 18.5 Å². The standard InChI is InChI=1S/C23H25N5O/c1-27-13-11-21(26-27)23(29)28-14-12-20-19(15-28)22(25-24-20)18-9-7-17(8-10-18)16-5-3-2-4-6-16/h2-11,13,19-20,22,24-25H,12,14-15H2,1H3. The van der Waals surface area contributed by atoms with Crippen LogP contribution in [-0.4, -0.2) is 39.7 Å². The van der Waals surface area contributed by atoms with Crippen LogP contribution in [0.3, 0.4) is 0 Å². The van der Waals surface area contributed by atoms with Crippen molar-refractivity contribution in [1.82, 2.24) is 25.5 Å². The number of hydrazine groups is 1. The average molecular weight is 387 g/mol. The number of aromatic nitrogens is 2. The van der Waals surface area contributed by atoms with E-state index in [0.717, 1.165) is 19.5 Å². The fraction of sp³-hybridized carbons (Fsp3) is 0.304. The molecule has 2 aliphatic rings. The molecule has 3 atom stereocenters. The summed E-state index contributed by atoms with van der Waals surface area (Å²) in [5.41, 5.74) is 11.1. The van der Waals surface area contributed by atoms with Gasteiger partial charge >= 0.3 is 0 Å². The smallest absolute Gasteiger partial charge is 0.274 e. The highest BCUT2D eigenvalue weighted by atomic mass is 16.2. The Labute approximate surface area is 170 Å². The largest absolute Gasteiger partial charge is 0.337 e. The number of amides is 1. The molecule has 0 aliphatic carbocycles. The first kappa shape index (κ1) is 18.1. The lowest BCUT2D eigenvalue weighted by Gasteiger charge is -2.35. The Morgan fingerprint density at radius 3 is 2.48 bits per heavy atom. The summed E-state index contributed by atoms with van der Waals surface area (Å²) in [6.07, 6.45) is 2.75. The Kier molecular flexibility index (Phi) is 4.66. The Bertz CT molecular complexity index is 998. The van der Waals surface area contributed by atoms with Gasteiger partial charge in [0, 0.05) is 38.3 Å². The molecular weight excluding hydrogens is 362 g/mol. The number of carbonyl (C=O) groups excluding carboxylic acids is 1. The minimum Gasteiger partial charge on any atom is -0.337 e. The molecule has 1 aromatic heterocycles. The van der Waals surface area contributed by atoms with Crippen molar-refractivity contribution >= 4 is 5.91 Å². The highest BCUT2D eigenvalue weighted by Gasteiger charge is 2.41. The van der Waals surface area contributed by atoms with Gasteiger partial charge in [0.25, 0.3) is 5.91 Å². The van der Waals surface area contributed by atoms with Crippen LogP contribution >= 0.6 is 0 Å². The van der Waals surface area contributed by atoms with Gasteiger partial charge in [0.05, 0.1) is 6.04 Å². The molecule has 2 aromatic carbocycles. The van der Waals surface area contributed by atoms with Crippen LogP contribution in [0.15, 0.2) is 66.9 Å². The SMILES string of the molecule is Cn1ccc(C(=O)N2CCC3NNC(c4ccc(-c5ccccc5)cc4)C3C2)n1. The quantitative estimate of drug-likeness (QED) is 0.726. The molecule has 3 unspecified atom stereocenters. The summed E-state index contributed by atoms with van der Waals surface area (Å²) >= 11 is 0.